The standard InChI is InChI=1S/C11H10N8O2/c12-10-8(19(20)21)6-15-11(17-10)14-5-7-1-3-13-9-2-4-16-18(7)9/h1-4,6H,5H2,(H3,12,14,15,17). The van der Waals surface area contributed by atoms with Crippen molar-refractivity contribution in [3.8, 4) is 0 Å². The van der Waals surface area contributed by atoms with E-state index < -0.39 is 4.92 Å². The lowest BCUT2D eigenvalue weighted by Gasteiger charge is -2.06. The molecule has 0 aliphatic rings. The van der Waals surface area contributed by atoms with E-state index in [1.807, 2.05) is 0 Å². The number of rotatable bonds is 4. The van der Waals surface area contributed by atoms with Crippen LogP contribution in [0.2, 0.25) is 0 Å². The number of hydrogen-bond donors (Lipinski definition) is 2. The van der Waals surface area contributed by atoms with E-state index in [1.54, 1.807) is 29.0 Å². The van der Waals surface area contributed by atoms with Crippen LogP contribution in [0, 0.1) is 10.1 Å². The number of nitro groups is 1. The minimum atomic E-state index is -0.630. The van der Waals surface area contributed by atoms with Gasteiger partial charge in [0.05, 0.1) is 23.4 Å². The van der Waals surface area contributed by atoms with Crippen LogP contribution in [0.15, 0.2) is 30.7 Å². The van der Waals surface area contributed by atoms with E-state index >= 15 is 0 Å². The zero-order valence-electron chi connectivity index (χ0n) is 10.7. The van der Waals surface area contributed by atoms with E-state index in [9.17, 15) is 10.1 Å². The second kappa shape index (κ2) is 5.00. The first kappa shape index (κ1) is 12.7. The molecule has 0 aromatic carbocycles. The van der Waals surface area contributed by atoms with Gasteiger partial charge in [-0.2, -0.15) is 10.1 Å². The zero-order chi connectivity index (χ0) is 14.8. The SMILES string of the molecule is Nc1nc(NCc2ccnc3ccnn23)ncc1[N+](=O)[O-]. The van der Waals surface area contributed by atoms with E-state index in [2.05, 4.69) is 25.4 Å². The van der Waals surface area contributed by atoms with Gasteiger partial charge in [-0.3, -0.25) is 10.1 Å². The van der Waals surface area contributed by atoms with Crippen LogP contribution in [-0.4, -0.2) is 29.5 Å². The Hall–Kier alpha value is -3.30. The second-order valence-corrected chi connectivity index (χ2v) is 4.11. The Bertz CT molecular complexity index is 815. The summed E-state index contributed by atoms with van der Waals surface area (Å²) >= 11 is 0. The molecule has 0 aliphatic carbocycles. The van der Waals surface area contributed by atoms with Crippen LogP contribution in [0.25, 0.3) is 5.65 Å². The number of nitrogen functional groups attached to an aromatic ring is 1. The molecule has 0 saturated heterocycles. The summed E-state index contributed by atoms with van der Waals surface area (Å²) in [7, 11) is 0. The molecule has 0 spiro atoms. The molecule has 10 nitrogen and oxygen atoms in total. The Morgan fingerprint density at radius 2 is 2.19 bits per heavy atom. The second-order valence-electron chi connectivity index (χ2n) is 4.11. The maximum atomic E-state index is 10.6. The van der Waals surface area contributed by atoms with Crippen LogP contribution in [-0.2, 0) is 6.54 Å². The maximum absolute atomic E-state index is 10.6. The first-order chi connectivity index (χ1) is 10.1. The monoisotopic (exact) mass is 286 g/mol. The van der Waals surface area contributed by atoms with E-state index in [1.165, 1.54) is 0 Å². The molecule has 0 saturated carbocycles. The number of hydrogen-bond acceptors (Lipinski definition) is 8. The molecule has 21 heavy (non-hydrogen) atoms. The average Bonchev–Trinajstić information content (AvgIpc) is 2.93. The molecule has 0 amide bonds. The summed E-state index contributed by atoms with van der Waals surface area (Å²) in [4.78, 5) is 21.9. The molecule has 0 unspecified atom stereocenters. The minimum absolute atomic E-state index is 0.184. The van der Waals surface area contributed by atoms with Crippen molar-refractivity contribution in [1.29, 1.82) is 0 Å². The van der Waals surface area contributed by atoms with Crippen LogP contribution in [0.4, 0.5) is 17.5 Å². The molecule has 3 aromatic rings. The molecule has 0 atom stereocenters. The number of anilines is 2. The summed E-state index contributed by atoms with van der Waals surface area (Å²) < 4.78 is 1.67. The van der Waals surface area contributed by atoms with Crippen molar-refractivity contribution in [2.75, 3.05) is 11.1 Å². The molecule has 0 bridgehead atoms. The van der Waals surface area contributed by atoms with Crippen molar-refractivity contribution in [3.63, 3.8) is 0 Å². The van der Waals surface area contributed by atoms with Crippen molar-refractivity contribution in [1.82, 2.24) is 24.6 Å². The molecular weight excluding hydrogens is 276 g/mol. The van der Waals surface area contributed by atoms with E-state index in [4.69, 9.17) is 5.73 Å². The molecule has 10 heteroatoms. The number of aromatic nitrogens is 5. The summed E-state index contributed by atoms with van der Waals surface area (Å²) in [5.74, 6) is 0.0201. The Kier molecular flexibility index (Phi) is 3.03. The first-order valence-electron chi connectivity index (χ1n) is 5.93. The Balaban J connectivity index is 1.80. The highest BCUT2D eigenvalue weighted by Gasteiger charge is 2.14. The fourth-order valence-electron chi connectivity index (χ4n) is 1.80. The lowest BCUT2D eigenvalue weighted by molar-refractivity contribution is -0.384. The van der Waals surface area contributed by atoms with Crippen molar-refractivity contribution in [2.45, 2.75) is 6.54 Å². The molecule has 3 heterocycles. The lowest BCUT2D eigenvalue weighted by atomic mass is 10.4. The Morgan fingerprint density at radius 1 is 1.33 bits per heavy atom. The van der Waals surface area contributed by atoms with Crippen LogP contribution < -0.4 is 11.1 Å². The molecule has 106 valence electrons. The van der Waals surface area contributed by atoms with Gasteiger partial charge in [0.2, 0.25) is 11.8 Å². The summed E-state index contributed by atoms with van der Waals surface area (Å²) in [6, 6.07) is 3.58. The summed E-state index contributed by atoms with van der Waals surface area (Å²) in [5.41, 5.74) is 6.74. The van der Waals surface area contributed by atoms with Gasteiger partial charge in [0.15, 0.2) is 5.65 Å². The van der Waals surface area contributed by atoms with Crippen molar-refractivity contribution < 1.29 is 4.92 Å². The molecule has 0 fully saturated rings. The fraction of sp³-hybridized carbons (Fsp3) is 0.0909. The van der Waals surface area contributed by atoms with Crippen LogP contribution in [0.3, 0.4) is 0 Å². The van der Waals surface area contributed by atoms with E-state index in [-0.39, 0.29) is 17.5 Å². The number of nitrogens with two attached hydrogens (primary N) is 1. The van der Waals surface area contributed by atoms with Crippen LogP contribution in [0.5, 0.6) is 0 Å². The van der Waals surface area contributed by atoms with Gasteiger partial charge in [0.25, 0.3) is 0 Å². The average molecular weight is 286 g/mol. The number of nitrogens with one attached hydrogen (secondary N) is 1. The Labute approximate surface area is 117 Å². The van der Waals surface area contributed by atoms with Gasteiger partial charge in [-0.15, -0.1) is 0 Å². The quantitative estimate of drug-likeness (QED) is 0.526. The predicted molar refractivity (Wildman–Crippen MR) is 73.4 cm³/mol. The van der Waals surface area contributed by atoms with Gasteiger partial charge in [-0.1, -0.05) is 0 Å². The highest BCUT2D eigenvalue weighted by Crippen LogP contribution is 2.18. The highest BCUT2D eigenvalue weighted by molar-refractivity contribution is 5.53. The van der Waals surface area contributed by atoms with E-state index in [0.29, 0.717) is 6.54 Å². The highest BCUT2D eigenvalue weighted by atomic mass is 16.6. The summed E-state index contributed by atoms with van der Waals surface area (Å²) in [6.07, 6.45) is 4.38. The maximum Gasteiger partial charge on any atom is 0.329 e. The fourth-order valence-corrected chi connectivity index (χ4v) is 1.80. The lowest BCUT2D eigenvalue weighted by Crippen LogP contribution is -2.10. The normalized spacial score (nSPS) is 10.7. The summed E-state index contributed by atoms with van der Waals surface area (Å²) in [6.45, 7) is 0.373. The molecule has 3 aromatic heterocycles. The topological polar surface area (TPSA) is 137 Å². The Morgan fingerprint density at radius 3 is 2.95 bits per heavy atom. The largest absolute Gasteiger partial charge is 0.378 e. The van der Waals surface area contributed by atoms with Gasteiger partial charge in [0, 0.05) is 12.3 Å². The molecule has 3 rings (SSSR count). The minimum Gasteiger partial charge on any atom is -0.378 e. The third-order valence-corrected chi connectivity index (χ3v) is 2.79. The van der Waals surface area contributed by atoms with E-state index in [0.717, 1.165) is 17.5 Å². The van der Waals surface area contributed by atoms with Crippen molar-refractivity contribution in [3.05, 3.63) is 46.5 Å². The third-order valence-electron chi connectivity index (χ3n) is 2.79. The molecule has 0 radical (unpaired) electrons. The van der Waals surface area contributed by atoms with Crippen LogP contribution >= 0.6 is 0 Å². The van der Waals surface area contributed by atoms with Gasteiger partial charge < -0.3 is 11.1 Å². The van der Waals surface area contributed by atoms with Crippen LogP contribution in [0.1, 0.15) is 5.69 Å². The third kappa shape index (κ3) is 2.41. The molecule has 0 aliphatic heterocycles. The van der Waals surface area contributed by atoms with Gasteiger partial charge in [-0.25, -0.2) is 14.5 Å². The number of fused-ring (bicyclic) bond motifs is 1. The van der Waals surface area contributed by atoms with Gasteiger partial charge in [-0.05, 0) is 6.07 Å². The smallest absolute Gasteiger partial charge is 0.329 e. The zero-order valence-corrected chi connectivity index (χ0v) is 10.7. The summed E-state index contributed by atoms with van der Waals surface area (Å²) in [5, 5.41) is 17.7. The van der Waals surface area contributed by atoms with Crippen molar-refractivity contribution >= 4 is 23.1 Å². The molecule has 3 N–H and O–H groups in total. The first-order valence-corrected chi connectivity index (χ1v) is 5.93. The molecular formula is C11H10N8O2. The number of nitrogens with zero attached hydrogens (tertiary/aromatic N) is 6. The van der Waals surface area contributed by atoms with Crippen molar-refractivity contribution in [2.24, 2.45) is 0 Å². The van der Waals surface area contributed by atoms with Gasteiger partial charge in [0.1, 0.15) is 6.20 Å². The van der Waals surface area contributed by atoms with Gasteiger partial charge >= 0.3 is 5.69 Å². The predicted octanol–water partition coefficient (Wildman–Crippen LogP) is 0.622.